The highest BCUT2D eigenvalue weighted by molar-refractivity contribution is 5.83. The molecule has 0 aromatic carbocycles. The average Bonchev–Trinajstić information content (AvgIpc) is 3.02. The Bertz CT molecular complexity index is 468. The van der Waals surface area contributed by atoms with E-state index in [4.69, 9.17) is 4.74 Å². The van der Waals surface area contributed by atoms with Crippen molar-refractivity contribution >= 4 is 17.8 Å². The summed E-state index contributed by atoms with van der Waals surface area (Å²) in [5, 5.41) is 16.3. The number of carbonyl (C=O) groups is 2. The van der Waals surface area contributed by atoms with E-state index in [1.165, 1.54) is 11.0 Å². The fraction of sp³-hybridized carbons (Fsp3) is 0.636. The largest absolute Gasteiger partial charge is 0.450 e. The Labute approximate surface area is 116 Å². The van der Waals surface area contributed by atoms with E-state index in [0.717, 1.165) is 19.5 Å². The van der Waals surface area contributed by atoms with Crippen LogP contribution in [0.2, 0.25) is 0 Å². The number of anilines is 1. The monoisotopic (exact) mass is 282 g/mol. The number of hydrogen-bond donors (Lipinski definition) is 3. The zero-order valence-corrected chi connectivity index (χ0v) is 11.3. The Kier molecular flexibility index (Phi) is 4.88. The fourth-order valence-electron chi connectivity index (χ4n) is 1.88. The highest BCUT2D eigenvalue weighted by atomic mass is 16.5. The minimum atomic E-state index is -0.596. The molecule has 0 aliphatic carbocycles. The van der Waals surface area contributed by atoms with Crippen molar-refractivity contribution in [2.24, 2.45) is 0 Å². The van der Waals surface area contributed by atoms with Crippen LogP contribution in [-0.2, 0) is 16.1 Å². The average molecular weight is 282 g/mol. The van der Waals surface area contributed by atoms with E-state index in [1.54, 1.807) is 6.92 Å². The quantitative estimate of drug-likeness (QED) is 0.660. The normalized spacial score (nSPS) is 17.8. The number of amides is 2. The van der Waals surface area contributed by atoms with Crippen LogP contribution in [-0.4, -0.2) is 52.7 Å². The van der Waals surface area contributed by atoms with Crippen LogP contribution in [0.5, 0.6) is 0 Å². The Morgan fingerprint density at radius 3 is 3.15 bits per heavy atom. The Balaban J connectivity index is 1.79. The molecule has 20 heavy (non-hydrogen) atoms. The van der Waals surface area contributed by atoms with Crippen molar-refractivity contribution in [2.45, 2.75) is 25.9 Å². The smallest absolute Gasteiger partial charge is 0.412 e. The highest BCUT2D eigenvalue weighted by Gasteiger charge is 2.17. The first-order valence-electron chi connectivity index (χ1n) is 6.51. The second-order valence-corrected chi connectivity index (χ2v) is 4.36. The third-order valence-corrected chi connectivity index (χ3v) is 2.75. The second kappa shape index (κ2) is 6.85. The first-order valence-corrected chi connectivity index (χ1v) is 6.51. The third kappa shape index (κ3) is 4.19. The van der Waals surface area contributed by atoms with Gasteiger partial charge in [-0.3, -0.25) is 10.1 Å². The number of aromatic nitrogens is 3. The molecule has 1 atom stereocenters. The van der Waals surface area contributed by atoms with E-state index in [2.05, 4.69) is 26.1 Å². The predicted molar refractivity (Wildman–Crippen MR) is 70.1 cm³/mol. The van der Waals surface area contributed by atoms with Gasteiger partial charge in [0.15, 0.2) is 5.82 Å². The summed E-state index contributed by atoms with van der Waals surface area (Å²) in [7, 11) is 0. The van der Waals surface area contributed by atoms with Crippen LogP contribution in [0.1, 0.15) is 13.3 Å². The van der Waals surface area contributed by atoms with Crippen molar-refractivity contribution in [1.82, 2.24) is 25.6 Å². The van der Waals surface area contributed by atoms with Crippen molar-refractivity contribution < 1.29 is 14.3 Å². The summed E-state index contributed by atoms with van der Waals surface area (Å²) in [5.74, 6) is 0.0933. The Morgan fingerprint density at radius 2 is 2.45 bits per heavy atom. The van der Waals surface area contributed by atoms with Gasteiger partial charge >= 0.3 is 6.09 Å². The summed E-state index contributed by atoms with van der Waals surface area (Å²) < 4.78 is 4.71. The van der Waals surface area contributed by atoms with Crippen LogP contribution in [0.15, 0.2) is 6.20 Å². The molecule has 2 heterocycles. The van der Waals surface area contributed by atoms with Gasteiger partial charge < -0.3 is 15.4 Å². The third-order valence-electron chi connectivity index (χ3n) is 2.75. The molecule has 3 N–H and O–H groups in total. The Morgan fingerprint density at radius 1 is 1.60 bits per heavy atom. The highest BCUT2D eigenvalue weighted by Crippen LogP contribution is 2.01. The van der Waals surface area contributed by atoms with Crippen molar-refractivity contribution in [3.8, 4) is 0 Å². The summed E-state index contributed by atoms with van der Waals surface area (Å²) in [6.45, 7) is 3.70. The first kappa shape index (κ1) is 14.3. The molecule has 9 nitrogen and oxygen atoms in total. The van der Waals surface area contributed by atoms with E-state index < -0.39 is 6.09 Å². The van der Waals surface area contributed by atoms with Gasteiger partial charge in [0, 0.05) is 12.6 Å². The summed E-state index contributed by atoms with van der Waals surface area (Å²) in [6, 6.07) is 0.162. The van der Waals surface area contributed by atoms with Gasteiger partial charge in [-0.1, -0.05) is 0 Å². The molecule has 1 fully saturated rings. The van der Waals surface area contributed by atoms with E-state index in [1.807, 2.05) is 0 Å². The van der Waals surface area contributed by atoms with E-state index in [9.17, 15) is 9.59 Å². The molecule has 2 rings (SSSR count). The zero-order chi connectivity index (χ0) is 14.4. The standard InChI is InChI=1S/C11H18N6O3/c1-2-20-11(19)15-9-6-13-17(16-9)7-10(18)14-8-3-4-12-5-8/h6,8,12H,2-5,7H2,1H3,(H,14,18)(H,15,16,19). The number of ether oxygens (including phenoxy) is 1. The summed E-state index contributed by atoms with van der Waals surface area (Å²) >= 11 is 0. The number of nitrogens with one attached hydrogen (secondary N) is 3. The van der Waals surface area contributed by atoms with E-state index >= 15 is 0 Å². The molecule has 110 valence electrons. The minimum absolute atomic E-state index is 0.0149. The number of nitrogens with zero attached hydrogens (tertiary/aromatic N) is 3. The van der Waals surface area contributed by atoms with Crippen LogP contribution in [0.3, 0.4) is 0 Å². The molecule has 1 aromatic rings. The summed E-state index contributed by atoms with van der Waals surface area (Å²) in [4.78, 5) is 24.1. The predicted octanol–water partition coefficient (Wildman–Crippen LogP) is -0.675. The first-order chi connectivity index (χ1) is 9.67. The molecule has 0 bridgehead atoms. The van der Waals surface area contributed by atoms with Crippen molar-refractivity contribution in [3.05, 3.63) is 6.20 Å². The molecule has 2 amide bonds. The topological polar surface area (TPSA) is 110 Å². The van der Waals surface area contributed by atoms with Gasteiger partial charge in [-0.25, -0.2) is 4.79 Å². The molecule has 0 spiro atoms. The molecule has 1 saturated heterocycles. The number of rotatable bonds is 5. The molecule has 9 heteroatoms. The van der Waals surface area contributed by atoms with Crippen LogP contribution in [0.4, 0.5) is 10.6 Å². The minimum Gasteiger partial charge on any atom is -0.450 e. The second-order valence-electron chi connectivity index (χ2n) is 4.36. The lowest BCUT2D eigenvalue weighted by molar-refractivity contribution is -0.122. The maximum atomic E-state index is 11.8. The van der Waals surface area contributed by atoms with Crippen LogP contribution < -0.4 is 16.0 Å². The molecule has 0 saturated carbocycles. The van der Waals surface area contributed by atoms with E-state index in [-0.39, 0.29) is 30.9 Å². The summed E-state index contributed by atoms with van der Waals surface area (Å²) in [6.07, 6.45) is 1.69. The lowest BCUT2D eigenvalue weighted by Gasteiger charge is -2.10. The van der Waals surface area contributed by atoms with Gasteiger partial charge in [0.1, 0.15) is 6.54 Å². The van der Waals surface area contributed by atoms with Crippen LogP contribution in [0, 0.1) is 0 Å². The Hall–Kier alpha value is -2.16. The molecule has 1 unspecified atom stereocenters. The lowest BCUT2D eigenvalue weighted by atomic mass is 10.2. The van der Waals surface area contributed by atoms with Gasteiger partial charge in [0.2, 0.25) is 5.91 Å². The van der Waals surface area contributed by atoms with Crippen molar-refractivity contribution in [3.63, 3.8) is 0 Å². The maximum Gasteiger partial charge on any atom is 0.412 e. The number of hydrogen-bond acceptors (Lipinski definition) is 6. The molecular weight excluding hydrogens is 264 g/mol. The van der Waals surface area contributed by atoms with Crippen molar-refractivity contribution in [2.75, 3.05) is 25.0 Å². The molecule has 1 aliphatic rings. The van der Waals surface area contributed by atoms with Gasteiger partial charge in [0.05, 0.1) is 12.8 Å². The molecular formula is C11H18N6O3. The van der Waals surface area contributed by atoms with Crippen molar-refractivity contribution in [1.29, 1.82) is 0 Å². The van der Waals surface area contributed by atoms with Crippen LogP contribution >= 0.6 is 0 Å². The van der Waals surface area contributed by atoms with Gasteiger partial charge in [-0.05, 0) is 19.9 Å². The van der Waals surface area contributed by atoms with Gasteiger partial charge in [0.25, 0.3) is 0 Å². The molecule has 1 aliphatic heterocycles. The fourth-order valence-corrected chi connectivity index (χ4v) is 1.88. The number of carbonyl (C=O) groups excluding carboxylic acids is 2. The maximum absolute atomic E-state index is 11.8. The lowest BCUT2D eigenvalue weighted by Crippen LogP contribution is -2.38. The van der Waals surface area contributed by atoms with Gasteiger partial charge in [-0.2, -0.15) is 9.90 Å². The zero-order valence-electron chi connectivity index (χ0n) is 11.3. The molecule has 1 aromatic heterocycles. The van der Waals surface area contributed by atoms with E-state index in [0.29, 0.717) is 0 Å². The summed E-state index contributed by atoms with van der Waals surface area (Å²) in [5.41, 5.74) is 0. The molecule has 0 radical (unpaired) electrons. The van der Waals surface area contributed by atoms with Crippen LogP contribution in [0.25, 0.3) is 0 Å². The SMILES string of the molecule is CCOC(=O)Nc1cnn(CC(=O)NC2CCNC2)n1. The van der Waals surface area contributed by atoms with Gasteiger partial charge in [-0.15, -0.1) is 5.10 Å².